The van der Waals surface area contributed by atoms with E-state index in [9.17, 15) is 4.79 Å². The first-order valence-corrected chi connectivity index (χ1v) is 11.4. The number of rotatable bonds is 6. The molecule has 0 spiro atoms. The first-order chi connectivity index (χ1) is 16.2. The molecule has 0 radical (unpaired) electrons. The van der Waals surface area contributed by atoms with Crippen molar-refractivity contribution in [2.75, 3.05) is 32.7 Å². The zero-order valence-electron chi connectivity index (χ0n) is 18.8. The van der Waals surface area contributed by atoms with Crippen LogP contribution in [0, 0.1) is 6.92 Å². The van der Waals surface area contributed by atoms with Gasteiger partial charge >= 0.3 is 0 Å². The standard InChI is InChI=1S/C26H27N5O2/c1-19-8-10-21(11-9-19)25-28-24(33-29-25)7-4-14-30-15-17-31(18-16-30)26(32)23-13-12-20-5-2-3-6-22(20)27-23/h2-3,5-6,8-13H,4,7,14-18H2,1H3. The molecule has 5 rings (SSSR count). The predicted octanol–water partition coefficient (Wildman–Crippen LogP) is 3.98. The van der Waals surface area contributed by atoms with Crippen LogP contribution in [-0.4, -0.2) is 63.6 Å². The van der Waals surface area contributed by atoms with Crippen LogP contribution in [0.5, 0.6) is 0 Å². The number of carbonyl (C=O) groups excluding carboxylic acids is 1. The molecule has 1 saturated heterocycles. The Balaban J connectivity index is 1.09. The van der Waals surface area contributed by atoms with Crippen LogP contribution in [0.1, 0.15) is 28.4 Å². The number of amides is 1. The van der Waals surface area contributed by atoms with Crippen LogP contribution < -0.4 is 0 Å². The molecular weight excluding hydrogens is 414 g/mol. The fourth-order valence-electron chi connectivity index (χ4n) is 4.15. The van der Waals surface area contributed by atoms with Crippen LogP contribution in [0.3, 0.4) is 0 Å². The molecule has 3 heterocycles. The van der Waals surface area contributed by atoms with Crippen molar-refractivity contribution < 1.29 is 9.32 Å². The molecule has 1 fully saturated rings. The summed E-state index contributed by atoms with van der Waals surface area (Å²) in [5, 5.41) is 5.16. The monoisotopic (exact) mass is 441 g/mol. The lowest BCUT2D eigenvalue weighted by Crippen LogP contribution is -2.49. The van der Waals surface area contributed by atoms with Crippen molar-refractivity contribution >= 4 is 16.8 Å². The summed E-state index contributed by atoms with van der Waals surface area (Å²) >= 11 is 0. The Morgan fingerprint density at radius 1 is 0.939 bits per heavy atom. The van der Waals surface area contributed by atoms with Crippen LogP contribution in [-0.2, 0) is 6.42 Å². The molecule has 0 unspecified atom stereocenters. The minimum absolute atomic E-state index is 0.00916. The third-order valence-corrected chi connectivity index (χ3v) is 6.12. The Labute approximate surface area is 193 Å². The van der Waals surface area contributed by atoms with Gasteiger partial charge in [-0.1, -0.05) is 59.3 Å². The number of hydrogen-bond acceptors (Lipinski definition) is 6. The minimum atomic E-state index is 0.00916. The van der Waals surface area contributed by atoms with Crippen molar-refractivity contribution in [2.24, 2.45) is 0 Å². The summed E-state index contributed by atoms with van der Waals surface area (Å²) in [5.41, 5.74) is 3.55. The number of aromatic nitrogens is 3. The van der Waals surface area contributed by atoms with Crippen LogP contribution in [0.15, 0.2) is 65.2 Å². The molecule has 7 nitrogen and oxygen atoms in total. The average molecular weight is 442 g/mol. The van der Waals surface area contributed by atoms with Crippen molar-refractivity contribution in [1.82, 2.24) is 24.9 Å². The second-order valence-corrected chi connectivity index (χ2v) is 8.50. The summed E-state index contributed by atoms with van der Waals surface area (Å²) in [4.78, 5) is 26.3. The molecule has 0 saturated carbocycles. The number of carbonyl (C=O) groups is 1. The molecule has 0 atom stereocenters. The molecule has 0 bridgehead atoms. The van der Waals surface area contributed by atoms with Crippen LogP contribution >= 0.6 is 0 Å². The van der Waals surface area contributed by atoms with E-state index in [0.29, 0.717) is 30.5 Å². The molecule has 1 amide bonds. The maximum Gasteiger partial charge on any atom is 0.272 e. The van der Waals surface area contributed by atoms with Gasteiger partial charge in [-0.05, 0) is 32.0 Å². The topological polar surface area (TPSA) is 75.4 Å². The fraction of sp³-hybridized carbons (Fsp3) is 0.308. The lowest BCUT2D eigenvalue weighted by molar-refractivity contribution is 0.0630. The quantitative estimate of drug-likeness (QED) is 0.451. The van der Waals surface area contributed by atoms with Crippen molar-refractivity contribution in [1.29, 1.82) is 0 Å². The van der Waals surface area contributed by atoms with E-state index in [-0.39, 0.29) is 5.91 Å². The van der Waals surface area contributed by atoms with Gasteiger partial charge in [0.1, 0.15) is 5.69 Å². The van der Waals surface area contributed by atoms with Crippen LogP contribution in [0.25, 0.3) is 22.3 Å². The van der Waals surface area contributed by atoms with E-state index in [1.165, 1.54) is 5.56 Å². The second-order valence-electron chi connectivity index (χ2n) is 8.50. The Bertz CT molecular complexity index is 1240. The van der Waals surface area contributed by atoms with Crippen molar-refractivity contribution in [3.63, 3.8) is 0 Å². The zero-order chi connectivity index (χ0) is 22.6. The Morgan fingerprint density at radius 2 is 1.73 bits per heavy atom. The third kappa shape index (κ3) is 4.93. The average Bonchev–Trinajstić information content (AvgIpc) is 3.33. The summed E-state index contributed by atoms with van der Waals surface area (Å²) in [5.74, 6) is 1.32. The SMILES string of the molecule is Cc1ccc(-c2noc(CCCN3CCN(C(=O)c4ccc5ccccc5n4)CC3)n2)cc1. The number of aryl methyl sites for hydroxylation is 2. The van der Waals surface area contributed by atoms with Gasteiger partial charge in [-0.2, -0.15) is 4.98 Å². The Morgan fingerprint density at radius 3 is 2.55 bits per heavy atom. The van der Waals surface area contributed by atoms with E-state index in [1.807, 2.05) is 65.6 Å². The molecule has 1 aliphatic rings. The van der Waals surface area contributed by atoms with Gasteiger partial charge in [-0.3, -0.25) is 9.69 Å². The third-order valence-electron chi connectivity index (χ3n) is 6.12. The van der Waals surface area contributed by atoms with E-state index in [2.05, 4.69) is 26.9 Å². The predicted molar refractivity (Wildman–Crippen MR) is 127 cm³/mol. The summed E-state index contributed by atoms with van der Waals surface area (Å²) < 4.78 is 5.43. The number of benzene rings is 2. The smallest absolute Gasteiger partial charge is 0.272 e. The number of hydrogen-bond donors (Lipinski definition) is 0. The molecular formula is C26H27N5O2. The van der Waals surface area contributed by atoms with Gasteiger partial charge in [0, 0.05) is 43.5 Å². The van der Waals surface area contributed by atoms with Gasteiger partial charge in [0.2, 0.25) is 11.7 Å². The number of nitrogens with zero attached hydrogens (tertiary/aromatic N) is 5. The highest BCUT2D eigenvalue weighted by Gasteiger charge is 2.23. The van der Waals surface area contributed by atoms with Crippen LogP contribution in [0.2, 0.25) is 0 Å². The summed E-state index contributed by atoms with van der Waals surface area (Å²) in [6.45, 7) is 6.15. The van der Waals surface area contributed by atoms with Gasteiger partial charge in [0.25, 0.3) is 5.91 Å². The lowest BCUT2D eigenvalue weighted by Gasteiger charge is -2.34. The van der Waals surface area contributed by atoms with Crippen molar-refractivity contribution in [2.45, 2.75) is 19.8 Å². The second kappa shape index (κ2) is 9.50. The number of fused-ring (bicyclic) bond motifs is 1. The highest BCUT2D eigenvalue weighted by molar-refractivity contribution is 5.95. The lowest BCUT2D eigenvalue weighted by atomic mass is 10.1. The highest BCUT2D eigenvalue weighted by atomic mass is 16.5. The van der Waals surface area contributed by atoms with Gasteiger partial charge in [0.15, 0.2) is 0 Å². The van der Waals surface area contributed by atoms with E-state index in [1.54, 1.807) is 0 Å². The number of pyridine rings is 1. The maximum absolute atomic E-state index is 12.9. The normalized spacial score (nSPS) is 14.6. The molecule has 1 aliphatic heterocycles. The van der Waals surface area contributed by atoms with E-state index >= 15 is 0 Å². The van der Waals surface area contributed by atoms with Crippen LogP contribution in [0.4, 0.5) is 0 Å². The molecule has 2 aromatic heterocycles. The fourth-order valence-corrected chi connectivity index (χ4v) is 4.15. The Kier molecular flexibility index (Phi) is 6.13. The summed E-state index contributed by atoms with van der Waals surface area (Å²) in [6.07, 6.45) is 1.69. The van der Waals surface area contributed by atoms with E-state index < -0.39 is 0 Å². The van der Waals surface area contributed by atoms with Gasteiger partial charge < -0.3 is 9.42 Å². The van der Waals surface area contributed by atoms with Gasteiger partial charge in [0.05, 0.1) is 5.52 Å². The molecule has 7 heteroatoms. The molecule has 4 aromatic rings. The molecule has 168 valence electrons. The zero-order valence-corrected chi connectivity index (χ0v) is 18.8. The van der Waals surface area contributed by atoms with Gasteiger partial charge in [-0.15, -0.1) is 0 Å². The van der Waals surface area contributed by atoms with Crippen molar-refractivity contribution in [3.05, 3.63) is 77.8 Å². The van der Waals surface area contributed by atoms with Gasteiger partial charge in [-0.25, -0.2) is 4.98 Å². The largest absolute Gasteiger partial charge is 0.339 e. The summed E-state index contributed by atoms with van der Waals surface area (Å²) in [7, 11) is 0. The molecule has 2 aromatic carbocycles. The summed E-state index contributed by atoms with van der Waals surface area (Å²) in [6, 6.07) is 19.8. The van der Waals surface area contributed by atoms with Crippen molar-refractivity contribution in [3.8, 4) is 11.4 Å². The number of para-hydroxylation sites is 1. The number of piperazine rings is 1. The first kappa shape index (κ1) is 21.3. The maximum atomic E-state index is 12.9. The molecule has 0 aliphatic carbocycles. The van der Waals surface area contributed by atoms with E-state index in [4.69, 9.17) is 4.52 Å². The highest BCUT2D eigenvalue weighted by Crippen LogP contribution is 2.17. The molecule has 33 heavy (non-hydrogen) atoms. The van der Waals surface area contributed by atoms with E-state index in [0.717, 1.165) is 48.9 Å². The first-order valence-electron chi connectivity index (χ1n) is 11.4. The molecule has 0 N–H and O–H groups in total. The Hall–Kier alpha value is -3.58. The minimum Gasteiger partial charge on any atom is -0.339 e.